The number of nitriles is 1. The molecule has 1 fully saturated rings. The summed E-state index contributed by atoms with van der Waals surface area (Å²) in [7, 11) is 0. The maximum Gasteiger partial charge on any atom is 0.102 e. The quantitative estimate of drug-likeness (QED) is 0.765. The Balaban J connectivity index is 2.14. The van der Waals surface area contributed by atoms with Gasteiger partial charge in [-0.05, 0) is 25.0 Å². The lowest BCUT2D eigenvalue weighted by Crippen LogP contribution is -2.08. The lowest BCUT2D eigenvalue weighted by Gasteiger charge is -2.21. The van der Waals surface area contributed by atoms with Crippen molar-refractivity contribution in [1.29, 1.82) is 5.26 Å². The Morgan fingerprint density at radius 2 is 2.00 bits per heavy atom. The fourth-order valence-electron chi connectivity index (χ4n) is 2.07. The Kier molecular flexibility index (Phi) is 4.15. The molecule has 1 saturated carbocycles. The smallest absolute Gasteiger partial charge is 0.102 e. The van der Waals surface area contributed by atoms with Gasteiger partial charge in [-0.3, -0.25) is 0 Å². The average molecular weight is 252 g/mol. The van der Waals surface area contributed by atoms with Crippen molar-refractivity contribution in [3.05, 3.63) is 28.8 Å². The summed E-state index contributed by atoms with van der Waals surface area (Å²) in [6.07, 6.45) is 6.53. The van der Waals surface area contributed by atoms with Gasteiger partial charge < -0.3 is 0 Å². The second kappa shape index (κ2) is 5.61. The summed E-state index contributed by atoms with van der Waals surface area (Å²) in [4.78, 5) is 1.04. The standard InChI is InChI=1S/C13H14ClNS/c14-12-7-4-8-13(11(12)9-15)16-10-5-2-1-3-6-10/h4,7-8,10H,1-3,5-6H2. The normalized spacial score (nSPS) is 17.0. The Bertz CT molecular complexity index is 405. The SMILES string of the molecule is N#Cc1c(Cl)cccc1SC1CCCCC1. The number of thioether (sulfide) groups is 1. The van der Waals surface area contributed by atoms with Crippen molar-refractivity contribution in [3.8, 4) is 6.07 Å². The van der Waals surface area contributed by atoms with E-state index in [0.29, 0.717) is 15.8 Å². The van der Waals surface area contributed by atoms with E-state index in [1.54, 1.807) is 6.07 Å². The van der Waals surface area contributed by atoms with E-state index in [2.05, 4.69) is 6.07 Å². The number of nitrogens with zero attached hydrogens (tertiary/aromatic N) is 1. The van der Waals surface area contributed by atoms with Crippen molar-refractivity contribution < 1.29 is 0 Å². The van der Waals surface area contributed by atoms with Crippen LogP contribution in [0.3, 0.4) is 0 Å². The first-order valence-electron chi connectivity index (χ1n) is 5.66. The largest absolute Gasteiger partial charge is 0.192 e. The highest BCUT2D eigenvalue weighted by Crippen LogP contribution is 2.36. The van der Waals surface area contributed by atoms with Crippen LogP contribution in [0, 0.1) is 11.3 Å². The highest BCUT2D eigenvalue weighted by Gasteiger charge is 2.17. The molecule has 2 rings (SSSR count). The lowest BCUT2D eigenvalue weighted by molar-refractivity contribution is 0.516. The van der Waals surface area contributed by atoms with Gasteiger partial charge in [0.05, 0.1) is 10.6 Å². The van der Waals surface area contributed by atoms with E-state index in [-0.39, 0.29) is 0 Å². The zero-order valence-corrected chi connectivity index (χ0v) is 10.7. The summed E-state index contributed by atoms with van der Waals surface area (Å²) >= 11 is 7.83. The summed E-state index contributed by atoms with van der Waals surface area (Å²) in [6.45, 7) is 0. The second-order valence-electron chi connectivity index (χ2n) is 4.10. The summed E-state index contributed by atoms with van der Waals surface area (Å²) in [5.74, 6) is 0. The van der Waals surface area contributed by atoms with Crippen LogP contribution in [-0.2, 0) is 0 Å². The monoisotopic (exact) mass is 251 g/mol. The molecule has 0 amide bonds. The van der Waals surface area contributed by atoms with E-state index in [1.807, 2.05) is 23.9 Å². The molecule has 0 unspecified atom stereocenters. The van der Waals surface area contributed by atoms with Crippen molar-refractivity contribution in [2.45, 2.75) is 42.2 Å². The summed E-state index contributed by atoms with van der Waals surface area (Å²) in [5, 5.41) is 10.3. The highest BCUT2D eigenvalue weighted by atomic mass is 35.5. The van der Waals surface area contributed by atoms with Gasteiger partial charge >= 0.3 is 0 Å². The molecule has 0 spiro atoms. The number of hydrogen-bond acceptors (Lipinski definition) is 2. The minimum atomic E-state index is 0.573. The fourth-order valence-corrected chi connectivity index (χ4v) is 3.71. The first-order valence-corrected chi connectivity index (χ1v) is 6.92. The number of halogens is 1. The van der Waals surface area contributed by atoms with Crippen LogP contribution >= 0.6 is 23.4 Å². The maximum absolute atomic E-state index is 9.08. The van der Waals surface area contributed by atoms with E-state index in [0.717, 1.165) is 4.90 Å². The van der Waals surface area contributed by atoms with Crippen molar-refractivity contribution in [3.63, 3.8) is 0 Å². The van der Waals surface area contributed by atoms with Crippen LogP contribution in [0.15, 0.2) is 23.1 Å². The van der Waals surface area contributed by atoms with Crippen LogP contribution in [0.4, 0.5) is 0 Å². The first kappa shape index (κ1) is 11.8. The number of hydrogen-bond donors (Lipinski definition) is 0. The molecule has 0 saturated heterocycles. The number of benzene rings is 1. The molecule has 3 heteroatoms. The molecule has 1 aromatic carbocycles. The zero-order valence-electron chi connectivity index (χ0n) is 9.08. The maximum atomic E-state index is 9.08. The molecular weight excluding hydrogens is 238 g/mol. The lowest BCUT2D eigenvalue weighted by atomic mass is 10.0. The molecule has 0 aromatic heterocycles. The summed E-state index contributed by atoms with van der Waals surface area (Å²) in [6, 6.07) is 7.91. The first-order chi connectivity index (χ1) is 7.81. The zero-order chi connectivity index (χ0) is 11.4. The van der Waals surface area contributed by atoms with E-state index in [9.17, 15) is 0 Å². The third-order valence-electron chi connectivity index (χ3n) is 2.93. The molecule has 0 radical (unpaired) electrons. The molecule has 0 aliphatic heterocycles. The average Bonchev–Trinajstić information content (AvgIpc) is 2.31. The molecule has 1 aromatic rings. The predicted molar refractivity (Wildman–Crippen MR) is 68.9 cm³/mol. The van der Waals surface area contributed by atoms with Crippen LogP contribution in [0.1, 0.15) is 37.7 Å². The molecule has 84 valence electrons. The predicted octanol–water partition coefficient (Wildman–Crippen LogP) is 4.64. The van der Waals surface area contributed by atoms with Crippen LogP contribution in [-0.4, -0.2) is 5.25 Å². The van der Waals surface area contributed by atoms with Gasteiger partial charge in [0, 0.05) is 10.1 Å². The molecule has 0 bridgehead atoms. The number of rotatable bonds is 2. The third kappa shape index (κ3) is 2.72. The van der Waals surface area contributed by atoms with Crippen molar-refractivity contribution in [1.82, 2.24) is 0 Å². The van der Waals surface area contributed by atoms with Gasteiger partial charge in [0.25, 0.3) is 0 Å². The molecule has 1 aliphatic carbocycles. The van der Waals surface area contributed by atoms with Crippen LogP contribution in [0.25, 0.3) is 0 Å². The van der Waals surface area contributed by atoms with Crippen molar-refractivity contribution in [2.75, 3.05) is 0 Å². The van der Waals surface area contributed by atoms with Crippen LogP contribution < -0.4 is 0 Å². The Morgan fingerprint density at radius 1 is 1.25 bits per heavy atom. The molecule has 0 heterocycles. The van der Waals surface area contributed by atoms with Gasteiger partial charge in [0.2, 0.25) is 0 Å². The van der Waals surface area contributed by atoms with Crippen molar-refractivity contribution >= 4 is 23.4 Å². The van der Waals surface area contributed by atoms with E-state index in [1.165, 1.54) is 32.1 Å². The van der Waals surface area contributed by atoms with E-state index in [4.69, 9.17) is 16.9 Å². The second-order valence-corrected chi connectivity index (χ2v) is 5.85. The van der Waals surface area contributed by atoms with Gasteiger partial charge in [-0.15, -0.1) is 11.8 Å². The molecular formula is C13H14ClNS. The van der Waals surface area contributed by atoms with Gasteiger partial charge in [0.15, 0.2) is 0 Å². The fraction of sp³-hybridized carbons (Fsp3) is 0.462. The highest BCUT2D eigenvalue weighted by molar-refractivity contribution is 8.00. The van der Waals surface area contributed by atoms with Crippen LogP contribution in [0.5, 0.6) is 0 Å². The van der Waals surface area contributed by atoms with Gasteiger partial charge in [-0.2, -0.15) is 5.26 Å². The Labute approximate surface area is 106 Å². The van der Waals surface area contributed by atoms with Crippen LogP contribution in [0.2, 0.25) is 5.02 Å². The Morgan fingerprint density at radius 3 is 2.69 bits per heavy atom. The topological polar surface area (TPSA) is 23.8 Å². The molecule has 0 atom stereocenters. The molecule has 16 heavy (non-hydrogen) atoms. The van der Waals surface area contributed by atoms with Crippen molar-refractivity contribution in [2.24, 2.45) is 0 Å². The van der Waals surface area contributed by atoms with E-state index < -0.39 is 0 Å². The van der Waals surface area contributed by atoms with Gasteiger partial charge in [0.1, 0.15) is 6.07 Å². The van der Waals surface area contributed by atoms with Gasteiger partial charge in [-0.1, -0.05) is 36.9 Å². The molecule has 1 aliphatic rings. The van der Waals surface area contributed by atoms with E-state index >= 15 is 0 Å². The minimum Gasteiger partial charge on any atom is -0.192 e. The van der Waals surface area contributed by atoms with Gasteiger partial charge in [-0.25, -0.2) is 0 Å². The summed E-state index contributed by atoms with van der Waals surface area (Å²) in [5.41, 5.74) is 0.639. The summed E-state index contributed by atoms with van der Waals surface area (Å²) < 4.78 is 0. The molecule has 1 nitrogen and oxygen atoms in total. The minimum absolute atomic E-state index is 0.573. The molecule has 0 N–H and O–H groups in total. The third-order valence-corrected chi connectivity index (χ3v) is 4.65. The Hall–Kier alpha value is -0.650.